The van der Waals surface area contributed by atoms with Gasteiger partial charge in [0.25, 0.3) is 0 Å². The average Bonchev–Trinajstić information content (AvgIpc) is 2.43. The third-order valence-corrected chi connectivity index (χ3v) is 3.19. The Hall–Kier alpha value is -1.88. The highest BCUT2D eigenvalue weighted by atomic mass is 16.4. The van der Waals surface area contributed by atoms with Crippen LogP contribution in [0.2, 0.25) is 0 Å². The van der Waals surface area contributed by atoms with Crippen molar-refractivity contribution in [2.75, 3.05) is 7.05 Å². The average molecular weight is 264 g/mol. The number of likely N-dealkylation sites (N-methyl/N-ethyl adjacent to an activating group) is 1. The second-order valence-corrected chi connectivity index (χ2v) is 4.59. The first-order valence-electron chi connectivity index (χ1n) is 6.22. The maximum Gasteiger partial charge on any atom is 0.326 e. The topological polar surface area (TPSA) is 83.6 Å². The monoisotopic (exact) mass is 264 g/mol. The van der Waals surface area contributed by atoms with E-state index in [1.54, 1.807) is 0 Å². The van der Waals surface area contributed by atoms with Crippen molar-refractivity contribution in [3.63, 3.8) is 0 Å². The van der Waals surface area contributed by atoms with E-state index in [-0.39, 0.29) is 5.91 Å². The Morgan fingerprint density at radius 2 is 1.89 bits per heavy atom. The summed E-state index contributed by atoms with van der Waals surface area (Å²) in [6.07, 6.45) is 1.20. The molecule has 1 aromatic rings. The summed E-state index contributed by atoms with van der Waals surface area (Å²) in [6, 6.07) is 8.20. The summed E-state index contributed by atoms with van der Waals surface area (Å²) in [7, 11) is 1.46. The maximum atomic E-state index is 11.9. The number of amides is 1. The van der Waals surface area contributed by atoms with Crippen molar-refractivity contribution in [1.82, 2.24) is 4.90 Å². The smallest absolute Gasteiger partial charge is 0.326 e. The zero-order valence-corrected chi connectivity index (χ0v) is 11.2. The number of carbonyl (C=O) groups is 2. The molecule has 0 aromatic heterocycles. The van der Waals surface area contributed by atoms with E-state index in [0.29, 0.717) is 12.8 Å². The molecule has 0 bridgehead atoms. The van der Waals surface area contributed by atoms with Crippen LogP contribution in [0.5, 0.6) is 0 Å². The minimum atomic E-state index is -1.04. The highest BCUT2D eigenvalue weighted by molar-refractivity contribution is 5.86. The molecule has 1 aromatic carbocycles. The lowest BCUT2D eigenvalue weighted by Gasteiger charge is -2.24. The van der Waals surface area contributed by atoms with E-state index in [2.05, 4.69) is 0 Å². The highest BCUT2D eigenvalue weighted by Gasteiger charge is 2.25. The number of nitrogens with two attached hydrogens (primary N) is 1. The van der Waals surface area contributed by atoms with Crippen LogP contribution in [0.1, 0.15) is 18.9 Å². The number of benzene rings is 1. The molecule has 0 fully saturated rings. The van der Waals surface area contributed by atoms with Crippen LogP contribution in [-0.4, -0.2) is 41.0 Å². The van der Waals surface area contributed by atoms with Crippen molar-refractivity contribution in [1.29, 1.82) is 0 Å². The predicted octanol–water partition coefficient (Wildman–Crippen LogP) is 0.878. The normalized spacial score (nSPS) is 13.6. The number of aryl methyl sites for hydroxylation is 1. The van der Waals surface area contributed by atoms with E-state index in [1.807, 2.05) is 30.3 Å². The van der Waals surface area contributed by atoms with Crippen LogP contribution in [0.15, 0.2) is 30.3 Å². The van der Waals surface area contributed by atoms with Crippen molar-refractivity contribution >= 4 is 11.9 Å². The fourth-order valence-corrected chi connectivity index (χ4v) is 1.71. The summed E-state index contributed by atoms with van der Waals surface area (Å²) in [5.74, 6) is -1.38. The molecule has 0 saturated heterocycles. The number of carboxylic acids is 1. The molecule has 0 aliphatic carbocycles. The van der Waals surface area contributed by atoms with Gasteiger partial charge >= 0.3 is 5.97 Å². The first-order valence-corrected chi connectivity index (χ1v) is 6.22. The number of rotatable bonds is 6. The fourth-order valence-electron chi connectivity index (χ4n) is 1.71. The Morgan fingerprint density at radius 3 is 2.42 bits per heavy atom. The summed E-state index contributed by atoms with van der Waals surface area (Å²) in [4.78, 5) is 23.9. The largest absolute Gasteiger partial charge is 0.480 e. The summed E-state index contributed by atoms with van der Waals surface area (Å²) >= 11 is 0. The molecule has 3 N–H and O–H groups in total. The standard InChI is InChI=1S/C14H20N2O3/c1-10(14(18)19)16(2)13(17)12(15)9-8-11-6-4-3-5-7-11/h3-7,10,12H,8-9,15H2,1-2H3,(H,18,19). The Labute approximate surface area is 113 Å². The van der Waals surface area contributed by atoms with Gasteiger partial charge in [-0.1, -0.05) is 30.3 Å². The Balaban J connectivity index is 2.51. The first kappa shape index (κ1) is 15.2. The molecule has 0 heterocycles. The summed E-state index contributed by atoms with van der Waals surface area (Å²) in [5, 5.41) is 8.86. The second kappa shape index (κ2) is 6.89. The van der Waals surface area contributed by atoms with Crippen molar-refractivity contribution in [3.05, 3.63) is 35.9 Å². The highest BCUT2D eigenvalue weighted by Crippen LogP contribution is 2.07. The van der Waals surface area contributed by atoms with Crippen LogP contribution in [0.4, 0.5) is 0 Å². The van der Waals surface area contributed by atoms with E-state index >= 15 is 0 Å². The molecular formula is C14H20N2O3. The van der Waals surface area contributed by atoms with E-state index < -0.39 is 18.1 Å². The summed E-state index contributed by atoms with van der Waals surface area (Å²) in [5.41, 5.74) is 6.93. The zero-order valence-electron chi connectivity index (χ0n) is 11.2. The number of aliphatic carboxylic acids is 1. The Morgan fingerprint density at radius 1 is 1.32 bits per heavy atom. The van der Waals surface area contributed by atoms with Crippen LogP contribution in [0.3, 0.4) is 0 Å². The molecule has 1 amide bonds. The molecule has 0 radical (unpaired) electrons. The Kier molecular flexibility index (Phi) is 5.51. The predicted molar refractivity (Wildman–Crippen MR) is 72.6 cm³/mol. The van der Waals surface area contributed by atoms with Crippen LogP contribution in [-0.2, 0) is 16.0 Å². The van der Waals surface area contributed by atoms with E-state index in [4.69, 9.17) is 10.8 Å². The van der Waals surface area contributed by atoms with Gasteiger partial charge < -0.3 is 15.7 Å². The molecule has 19 heavy (non-hydrogen) atoms. The van der Waals surface area contributed by atoms with Gasteiger partial charge in [-0.25, -0.2) is 4.79 Å². The first-order chi connectivity index (χ1) is 8.93. The van der Waals surface area contributed by atoms with Gasteiger partial charge in [-0.05, 0) is 25.3 Å². The van der Waals surface area contributed by atoms with Gasteiger partial charge in [0.1, 0.15) is 6.04 Å². The quantitative estimate of drug-likeness (QED) is 0.799. The lowest BCUT2D eigenvalue weighted by Crippen LogP contribution is -2.48. The van der Waals surface area contributed by atoms with Gasteiger partial charge in [0, 0.05) is 7.05 Å². The number of carbonyl (C=O) groups excluding carboxylic acids is 1. The molecule has 0 saturated carbocycles. The lowest BCUT2D eigenvalue weighted by molar-refractivity contribution is -0.148. The third-order valence-electron chi connectivity index (χ3n) is 3.19. The number of hydrogen-bond donors (Lipinski definition) is 2. The molecule has 104 valence electrons. The number of nitrogens with zero attached hydrogens (tertiary/aromatic N) is 1. The summed E-state index contributed by atoms with van der Waals surface area (Å²) < 4.78 is 0. The van der Waals surface area contributed by atoms with Crippen molar-refractivity contribution in [3.8, 4) is 0 Å². The minimum absolute atomic E-state index is 0.342. The molecule has 1 rings (SSSR count). The van der Waals surface area contributed by atoms with Crippen LogP contribution < -0.4 is 5.73 Å². The molecule has 2 unspecified atom stereocenters. The lowest BCUT2D eigenvalue weighted by atomic mass is 10.0. The van der Waals surface area contributed by atoms with Crippen molar-refractivity contribution in [2.24, 2.45) is 5.73 Å². The van der Waals surface area contributed by atoms with Gasteiger partial charge in [0.2, 0.25) is 5.91 Å². The molecule has 0 aliphatic rings. The van der Waals surface area contributed by atoms with Crippen LogP contribution in [0, 0.1) is 0 Å². The molecule has 2 atom stereocenters. The second-order valence-electron chi connectivity index (χ2n) is 4.59. The van der Waals surface area contributed by atoms with Gasteiger partial charge in [-0.3, -0.25) is 4.79 Å². The molecule has 0 aliphatic heterocycles. The van der Waals surface area contributed by atoms with Gasteiger partial charge in [-0.15, -0.1) is 0 Å². The van der Waals surface area contributed by atoms with E-state index in [0.717, 1.165) is 5.56 Å². The van der Waals surface area contributed by atoms with Crippen molar-refractivity contribution in [2.45, 2.75) is 31.8 Å². The fraction of sp³-hybridized carbons (Fsp3) is 0.429. The maximum absolute atomic E-state index is 11.9. The van der Waals surface area contributed by atoms with Gasteiger partial charge in [0.05, 0.1) is 6.04 Å². The number of carboxylic acid groups (broad SMARTS) is 1. The van der Waals surface area contributed by atoms with E-state index in [1.165, 1.54) is 18.9 Å². The van der Waals surface area contributed by atoms with Gasteiger partial charge in [-0.2, -0.15) is 0 Å². The van der Waals surface area contributed by atoms with Crippen molar-refractivity contribution < 1.29 is 14.7 Å². The number of hydrogen-bond acceptors (Lipinski definition) is 3. The molecule has 0 spiro atoms. The van der Waals surface area contributed by atoms with Crippen LogP contribution in [0.25, 0.3) is 0 Å². The molecule has 5 heteroatoms. The summed E-state index contributed by atoms with van der Waals surface area (Å²) in [6.45, 7) is 1.46. The zero-order chi connectivity index (χ0) is 14.4. The van der Waals surface area contributed by atoms with E-state index in [9.17, 15) is 9.59 Å². The molecular weight excluding hydrogens is 244 g/mol. The van der Waals surface area contributed by atoms with Gasteiger partial charge in [0.15, 0.2) is 0 Å². The Bertz CT molecular complexity index is 434. The third kappa shape index (κ3) is 4.37. The molecule has 5 nitrogen and oxygen atoms in total. The van der Waals surface area contributed by atoms with Crippen LogP contribution >= 0.6 is 0 Å². The minimum Gasteiger partial charge on any atom is -0.480 e. The SMILES string of the molecule is CC(C(=O)O)N(C)C(=O)C(N)CCc1ccccc1.